The fourth-order valence-corrected chi connectivity index (χ4v) is 4.95. The zero-order valence-electron chi connectivity index (χ0n) is 7.51. The molecule has 0 nitrogen and oxygen atoms in total. The Balaban J connectivity index is 2.27. The third kappa shape index (κ3) is 2.90. The first-order chi connectivity index (χ1) is 5.38. The molecule has 1 fully saturated rings. The Kier molecular flexibility index (Phi) is 4.77. The van der Waals surface area contributed by atoms with Crippen molar-refractivity contribution in [1.29, 1.82) is 0 Å². The van der Waals surface area contributed by atoms with E-state index < -0.39 is 0 Å². The number of rotatable bonds is 4. The van der Waals surface area contributed by atoms with Crippen LogP contribution in [0, 0.1) is 5.92 Å². The third-order valence-electron chi connectivity index (χ3n) is 2.22. The van der Waals surface area contributed by atoms with Gasteiger partial charge in [0, 0.05) is 11.5 Å². The summed E-state index contributed by atoms with van der Waals surface area (Å²) in [6.45, 7) is 4.63. The Morgan fingerprint density at radius 2 is 1.91 bits per heavy atom. The van der Waals surface area contributed by atoms with Gasteiger partial charge in [0.05, 0.1) is 4.58 Å². The van der Waals surface area contributed by atoms with E-state index in [1.54, 1.807) is 0 Å². The summed E-state index contributed by atoms with van der Waals surface area (Å²) in [7, 11) is 0. The van der Waals surface area contributed by atoms with Crippen LogP contribution in [0.4, 0.5) is 0 Å². The number of hydrogen-bond acceptors (Lipinski definition) is 2. The van der Waals surface area contributed by atoms with Gasteiger partial charge in [-0.25, -0.2) is 0 Å². The van der Waals surface area contributed by atoms with Gasteiger partial charge in [-0.1, -0.05) is 26.7 Å². The quantitative estimate of drug-likeness (QED) is 0.664. The normalized spacial score (nSPS) is 22.4. The van der Waals surface area contributed by atoms with Crippen molar-refractivity contribution in [2.24, 2.45) is 5.92 Å². The van der Waals surface area contributed by atoms with Crippen LogP contribution in [0.15, 0.2) is 0 Å². The van der Waals surface area contributed by atoms with Crippen molar-refractivity contribution in [3.8, 4) is 0 Å². The maximum absolute atomic E-state index is 2.33. The van der Waals surface area contributed by atoms with Crippen LogP contribution in [0.2, 0.25) is 0 Å². The summed E-state index contributed by atoms with van der Waals surface area (Å²) < 4.78 is 0.931. The summed E-state index contributed by atoms with van der Waals surface area (Å²) in [6.07, 6.45) is 4.16. The molecule has 11 heavy (non-hydrogen) atoms. The van der Waals surface area contributed by atoms with Crippen LogP contribution in [-0.2, 0) is 0 Å². The molecule has 2 heteroatoms. The molecule has 0 aromatic rings. The van der Waals surface area contributed by atoms with Gasteiger partial charge in [-0.15, -0.1) is 23.5 Å². The van der Waals surface area contributed by atoms with Crippen LogP contribution < -0.4 is 0 Å². The lowest BCUT2D eigenvalue weighted by Gasteiger charge is -2.19. The van der Waals surface area contributed by atoms with Gasteiger partial charge in [0.2, 0.25) is 0 Å². The maximum atomic E-state index is 2.33. The molecule has 0 aromatic heterocycles. The fraction of sp³-hybridized carbons (Fsp3) is 1.00. The predicted octanol–water partition coefficient (Wildman–Crippen LogP) is 3.62. The lowest BCUT2D eigenvalue weighted by Crippen LogP contribution is -2.10. The van der Waals surface area contributed by atoms with Crippen molar-refractivity contribution in [3.63, 3.8) is 0 Å². The molecule has 0 amide bonds. The molecule has 1 aliphatic rings. The molecule has 0 bridgehead atoms. The molecule has 1 unspecified atom stereocenters. The highest BCUT2D eigenvalue weighted by Gasteiger charge is 2.23. The molecule has 0 aromatic carbocycles. The van der Waals surface area contributed by atoms with Gasteiger partial charge in [-0.05, 0) is 12.3 Å². The first-order valence-electron chi connectivity index (χ1n) is 4.61. The molecule has 0 spiro atoms. The summed E-state index contributed by atoms with van der Waals surface area (Å²) in [5.41, 5.74) is 0. The molecule has 66 valence electrons. The SMILES string of the molecule is CCCC(CC)C1SCCS1. The van der Waals surface area contributed by atoms with Gasteiger partial charge in [0.1, 0.15) is 0 Å². The highest BCUT2D eigenvalue weighted by atomic mass is 32.2. The molecular weight excluding hydrogens is 172 g/mol. The monoisotopic (exact) mass is 190 g/mol. The van der Waals surface area contributed by atoms with E-state index in [0.29, 0.717) is 0 Å². The second-order valence-electron chi connectivity index (χ2n) is 3.07. The Hall–Kier alpha value is 0.700. The van der Waals surface area contributed by atoms with Crippen LogP contribution in [-0.4, -0.2) is 16.1 Å². The highest BCUT2D eigenvalue weighted by Crippen LogP contribution is 2.40. The van der Waals surface area contributed by atoms with E-state index >= 15 is 0 Å². The van der Waals surface area contributed by atoms with E-state index in [-0.39, 0.29) is 0 Å². The highest BCUT2D eigenvalue weighted by molar-refractivity contribution is 8.20. The summed E-state index contributed by atoms with van der Waals surface area (Å²) in [6, 6.07) is 0. The van der Waals surface area contributed by atoms with Crippen LogP contribution in [0.1, 0.15) is 33.1 Å². The van der Waals surface area contributed by atoms with Crippen LogP contribution in [0.3, 0.4) is 0 Å². The van der Waals surface area contributed by atoms with Crippen molar-refractivity contribution < 1.29 is 0 Å². The van der Waals surface area contributed by atoms with Gasteiger partial charge >= 0.3 is 0 Å². The molecule has 1 aliphatic heterocycles. The molecule has 1 heterocycles. The summed E-state index contributed by atoms with van der Waals surface area (Å²) in [5.74, 6) is 3.75. The molecule has 1 atom stereocenters. The summed E-state index contributed by atoms with van der Waals surface area (Å²) in [4.78, 5) is 0. The zero-order valence-corrected chi connectivity index (χ0v) is 9.14. The summed E-state index contributed by atoms with van der Waals surface area (Å²) in [5, 5.41) is 0. The Morgan fingerprint density at radius 1 is 1.27 bits per heavy atom. The number of thioether (sulfide) groups is 2. The lowest BCUT2D eigenvalue weighted by atomic mass is 10.0. The fourth-order valence-electron chi connectivity index (χ4n) is 1.55. The standard InChI is InChI=1S/C9H18S2/c1-3-5-8(4-2)9-10-6-7-11-9/h8-9H,3-7H2,1-2H3. The minimum absolute atomic E-state index is 0.931. The van der Waals surface area contributed by atoms with E-state index in [1.807, 2.05) is 0 Å². The van der Waals surface area contributed by atoms with Crippen LogP contribution in [0.5, 0.6) is 0 Å². The van der Waals surface area contributed by atoms with Crippen molar-refractivity contribution >= 4 is 23.5 Å². The smallest absolute Gasteiger partial charge is 0.0531 e. The van der Waals surface area contributed by atoms with E-state index in [1.165, 1.54) is 30.8 Å². The first kappa shape index (κ1) is 9.79. The average Bonchev–Trinajstić information content (AvgIpc) is 2.52. The van der Waals surface area contributed by atoms with Gasteiger partial charge < -0.3 is 0 Å². The van der Waals surface area contributed by atoms with Crippen molar-refractivity contribution in [3.05, 3.63) is 0 Å². The van der Waals surface area contributed by atoms with Gasteiger partial charge in [0.25, 0.3) is 0 Å². The maximum Gasteiger partial charge on any atom is 0.0531 e. The predicted molar refractivity (Wildman–Crippen MR) is 57.4 cm³/mol. The molecular formula is C9H18S2. The third-order valence-corrected chi connectivity index (χ3v) is 5.60. The van der Waals surface area contributed by atoms with E-state index in [2.05, 4.69) is 37.4 Å². The lowest BCUT2D eigenvalue weighted by molar-refractivity contribution is 0.503. The van der Waals surface area contributed by atoms with Gasteiger partial charge in [-0.2, -0.15) is 0 Å². The molecule has 0 aliphatic carbocycles. The Morgan fingerprint density at radius 3 is 2.36 bits per heavy atom. The van der Waals surface area contributed by atoms with Gasteiger partial charge in [0.15, 0.2) is 0 Å². The molecule has 1 rings (SSSR count). The minimum Gasteiger partial charge on any atom is -0.146 e. The Labute approximate surface area is 78.9 Å². The van der Waals surface area contributed by atoms with Crippen molar-refractivity contribution in [1.82, 2.24) is 0 Å². The first-order valence-corrected chi connectivity index (χ1v) is 6.71. The van der Waals surface area contributed by atoms with Crippen molar-refractivity contribution in [2.75, 3.05) is 11.5 Å². The van der Waals surface area contributed by atoms with E-state index in [9.17, 15) is 0 Å². The van der Waals surface area contributed by atoms with E-state index in [4.69, 9.17) is 0 Å². The zero-order chi connectivity index (χ0) is 8.10. The topological polar surface area (TPSA) is 0 Å². The second-order valence-corrected chi connectivity index (χ2v) is 5.86. The molecule has 0 N–H and O–H groups in total. The molecule has 0 radical (unpaired) electrons. The number of hydrogen-bond donors (Lipinski definition) is 0. The minimum atomic E-state index is 0.931. The second kappa shape index (κ2) is 5.36. The molecule has 1 saturated heterocycles. The summed E-state index contributed by atoms with van der Waals surface area (Å²) >= 11 is 4.36. The average molecular weight is 190 g/mol. The largest absolute Gasteiger partial charge is 0.146 e. The van der Waals surface area contributed by atoms with Crippen LogP contribution >= 0.6 is 23.5 Å². The van der Waals surface area contributed by atoms with Crippen molar-refractivity contribution in [2.45, 2.75) is 37.7 Å². The van der Waals surface area contributed by atoms with Crippen LogP contribution in [0.25, 0.3) is 0 Å². The Bertz CT molecular complexity index is 97.7. The molecule has 0 saturated carbocycles. The van der Waals surface area contributed by atoms with E-state index in [0.717, 1.165) is 10.5 Å². The van der Waals surface area contributed by atoms with Gasteiger partial charge in [-0.3, -0.25) is 0 Å².